The highest BCUT2D eigenvalue weighted by Gasteiger charge is 2.22. The van der Waals surface area contributed by atoms with Crippen LogP contribution in [-0.2, 0) is 11.3 Å². The normalized spacial score (nSPS) is 18.1. The molecule has 5 heteroatoms. The van der Waals surface area contributed by atoms with Gasteiger partial charge in [-0.05, 0) is 32.4 Å². The molecule has 1 N–H and O–H groups in total. The van der Waals surface area contributed by atoms with Gasteiger partial charge in [0.1, 0.15) is 6.04 Å². The maximum absolute atomic E-state index is 11.1. The third kappa shape index (κ3) is 3.35. The van der Waals surface area contributed by atoms with Crippen LogP contribution in [0.3, 0.4) is 0 Å². The number of rotatable bonds is 6. The number of hydrogen-bond acceptors (Lipinski definition) is 3. The van der Waals surface area contributed by atoms with E-state index in [0.29, 0.717) is 19.0 Å². The fourth-order valence-corrected chi connectivity index (χ4v) is 2.87. The number of carboxylic acids is 1. The fraction of sp³-hybridized carbons (Fsp3) is 0.714. The average molecular weight is 265 g/mol. The SMILES string of the molecule is CCC(C(=O)O)N(C)Cc1ccn(C2CCCC2)n1. The molecule has 1 heterocycles. The van der Waals surface area contributed by atoms with Crippen molar-refractivity contribution in [2.45, 2.75) is 57.7 Å². The summed E-state index contributed by atoms with van der Waals surface area (Å²) in [6.45, 7) is 2.48. The van der Waals surface area contributed by atoms with Gasteiger partial charge in [0.25, 0.3) is 0 Å². The van der Waals surface area contributed by atoms with Crippen molar-refractivity contribution >= 4 is 5.97 Å². The number of carboxylic acid groups (broad SMARTS) is 1. The van der Waals surface area contributed by atoms with E-state index in [9.17, 15) is 4.79 Å². The Labute approximate surface area is 114 Å². The van der Waals surface area contributed by atoms with E-state index in [1.165, 1.54) is 25.7 Å². The van der Waals surface area contributed by atoms with E-state index in [0.717, 1.165) is 5.69 Å². The topological polar surface area (TPSA) is 58.4 Å². The lowest BCUT2D eigenvalue weighted by Crippen LogP contribution is -2.37. The van der Waals surface area contributed by atoms with Crippen LogP contribution in [0.2, 0.25) is 0 Å². The van der Waals surface area contributed by atoms with Crippen LogP contribution in [-0.4, -0.2) is 38.8 Å². The summed E-state index contributed by atoms with van der Waals surface area (Å²) in [7, 11) is 1.84. The molecule has 1 aliphatic carbocycles. The van der Waals surface area contributed by atoms with E-state index in [-0.39, 0.29) is 0 Å². The highest BCUT2D eigenvalue weighted by Crippen LogP contribution is 2.28. The minimum atomic E-state index is -0.764. The summed E-state index contributed by atoms with van der Waals surface area (Å²) in [5.74, 6) is -0.764. The molecule has 1 atom stereocenters. The molecule has 19 heavy (non-hydrogen) atoms. The van der Waals surface area contributed by atoms with E-state index in [1.807, 2.05) is 31.1 Å². The molecular weight excluding hydrogens is 242 g/mol. The van der Waals surface area contributed by atoms with E-state index >= 15 is 0 Å². The summed E-state index contributed by atoms with van der Waals surface area (Å²) in [6, 6.07) is 2.11. The lowest BCUT2D eigenvalue weighted by Gasteiger charge is -2.22. The molecule has 0 saturated heterocycles. The number of nitrogens with zero attached hydrogens (tertiary/aromatic N) is 3. The zero-order valence-electron chi connectivity index (χ0n) is 11.7. The molecule has 0 aliphatic heterocycles. The smallest absolute Gasteiger partial charge is 0.320 e. The van der Waals surface area contributed by atoms with Gasteiger partial charge in [0.15, 0.2) is 0 Å². The number of aromatic nitrogens is 2. The van der Waals surface area contributed by atoms with E-state index in [2.05, 4.69) is 9.78 Å². The second kappa shape index (κ2) is 6.19. The highest BCUT2D eigenvalue weighted by atomic mass is 16.4. The number of likely N-dealkylation sites (N-methyl/N-ethyl adjacent to an activating group) is 1. The van der Waals surface area contributed by atoms with Gasteiger partial charge in [0.05, 0.1) is 11.7 Å². The van der Waals surface area contributed by atoms with Crippen LogP contribution in [0.5, 0.6) is 0 Å². The van der Waals surface area contributed by atoms with Crippen LogP contribution in [0, 0.1) is 0 Å². The molecule has 5 nitrogen and oxygen atoms in total. The summed E-state index contributed by atoms with van der Waals surface area (Å²) in [5, 5.41) is 13.7. The molecule has 1 aliphatic rings. The van der Waals surface area contributed by atoms with Crippen molar-refractivity contribution in [2.24, 2.45) is 0 Å². The van der Waals surface area contributed by atoms with E-state index < -0.39 is 12.0 Å². The van der Waals surface area contributed by atoms with Gasteiger partial charge in [-0.25, -0.2) is 0 Å². The summed E-state index contributed by atoms with van der Waals surface area (Å²) in [6.07, 6.45) is 7.64. The zero-order chi connectivity index (χ0) is 13.8. The van der Waals surface area contributed by atoms with Crippen LogP contribution in [0.25, 0.3) is 0 Å². The molecule has 0 aromatic carbocycles. The predicted molar refractivity (Wildman–Crippen MR) is 72.9 cm³/mol. The Balaban J connectivity index is 1.97. The summed E-state index contributed by atoms with van der Waals surface area (Å²) < 4.78 is 2.05. The number of hydrogen-bond donors (Lipinski definition) is 1. The average Bonchev–Trinajstić information content (AvgIpc) is 2.98. The van der Waals surface area contributed by atoms with Crippen molar-refractivity contribution in [1.29, 1.82) is 0 Å². The van der Waals surface area contributed by atoms with Crippen LogP contribution >= 0.6 is 0 Å². The Kier molecular flexibility index (Phi) is 4.58. The third-order valence-corrected chi connectivity index (χ3v) is 3.98. The molecule has 0 radical (unpaired) electrons. The van der Waals surface area contributed by atoms with Crippen molar-refractivity contribution in [3.8, 4) is 0 Å². The van der Waals surface area contributed by atoms with Crippen LogP contribution in [0.15, 0.2) is 12.3 Å². The van der Waals surface area contributed by atoms with Crippen molar-refractivity contribution in [2.75, 3.05) is 7.05 Å². The standard InChI is InChI=1S/C14H23N3O2/c1-3-13(14(18)19)16(2)10-11-8-9-17(15-11)12-6-4-5-7-12/h8-9,12-13H,3-7,10H2,1-2H3,(H,18,19). The van der Waals surface area contributed by atoms with E-state index in [1.54, 1.807) is 0 Å². The van der Waals surface area contributed by atoms with Gasteiger partial charge in [-0.3, -0.25) is 14.4 Å². The monoisotopic (exact) mass is 265 g/mol. The second-order valence-electron chi connectivity index (χ2n) is 5.40. The van der Waals surface area contributed by atoms with Gasteiger partial charge in [0, 0.05) is 12.7 Å². The molecule has 1 aromatic rings. The molecule has 0 spiro atoms. The summed E-state index contributed by atoms with van der Waals surface area (Å²) in [4.78, 5) is 13.0. The van der Waals surface area contributed by atoms with Crippen LogP contribution < -0.4 is 0 Å². The first-order valence-electron chi connectivity index (χ1n) is 7.09. The third-order valence-electron chi connectivity index (χ3n) is 3.98. The number of aliphatic carboxylic acids is 1. The minimum absolute atomic E-state index is 0.434. The molecule has 0 bridgehead atoms. The Morgan fingerprint density at radius 1 is 1.58 bits per heavy atom. The predicted octanol–water partition coefficient (Wildman–Crippen LogP) is 2.29. The van der Waals surface area contributed by atoms with Gasteiger partial charge >= 0.3 is 5.97 Å². The lowest BCUT2D eigenvalue weighted by molar-refractivity contribution is -0.143. The maximum atomic E-state index is 11.1. The van der Waals surface area contributed by atoms with Gasteiger partial charge in [-0.1, -0.05) is 19.8 Å². The first-order valence-corrected chi connectivity index (χ1v) is 7.09. The molecule has 1 unspecified atom stereocenters. The molecule has 2 rings (SSSR count). The van der Waals surface area contributed by atoms with Crippen molar-refractivity contribution in [3.63, 3.8) is 0 Å². The van der Waals surface area contributed by atoms with Gasteiger partial charge in [-0.2, -0.15) is 5.10 Å². The molecule has 106 valence electrons. The zero-order valence-corrected chi connectivity index (χ0v) is 11.7. The quantitative estimate of drug-likeness (QED) is 0.857. The first-order chi connectivity index (χ1) is 9.11. The number of carbonyl (C=O) groups is 1. The highest BCUT2D eigenvalue weighted by molar-refractivity contribution is 5.73. The summed E-state index contributed by atoms with van der Waals surface area (Å²) >= 11 is 0. The minimum Gasteiger partial charge on any atom is -0.480 e. The second-order valence-corrected chi connectivity index (χ2v) is 5.40. The largest absolute Gasteiger partial charge is 0.480 e. The lowest BCUT2D eigenvalue weighted by atomic mass is 10.2. The van der Waals surface area contributed by atoms with E-state index in [4.69, 9.17) is 5.11 Å². The summed E-state index contributed by atoms with van der Waals surface area (Å²) in [5.41, 5.74) is 0.953. The Morgan fingerprint density at radius 3 is 2.84 bits per heavy atom. The fourth-order valence-electron chi connectivity index (χ4n) is 2.87. The maximum Gasteiger partial charge on any atom is 0.320 e. The Bertz CT molecular complexity index is 424. The Morgan fingerprint density at radius 2 is 2.26 bits per heavy atom. The van der Waals surface area contributed by atoms with Crippen molar-refractivity contribution < 1.29 is 9.90 Å². The molecule has 0 amide bonds. The molecular formula is C14H23N3O2. The first kappa shape index (κ1) is 14.1. The van der Waals surface area contributed by atoms with Crippen LogP contribution in [0.4, 0.5) is 0 Å². The van der Waals surface area contributed by atoms with Crippen LogP contribution in [0.1, 0.15) is 50.8 Å². The van der Waals surface area contributed by atoms with Crippen molar-refractivity contribution in [1.82, 2.24) is 14.7 Å². The molecule has 1 saturated carbocycles. The Hall–Kier alpha value is -1.36. The van der Waals surface area contributed by atoms with Gasteiger partial charge in [-0.15, -0.1) is 0 Å². The van der Waals surface area contributed by atoms with Gasteiger partial charge in [0.2, 0.25) is 0 Å². The van der Waals surface area contributed by atoms with Gasteiger partial charge < -0.3 is 5.11 Å². The van der Waals surface area contributed by atoms with Crippen molar-refractivity contribution in [3.05, 3.63) is 18.0 Å². The molecule has 1 aromatic heterocycles. The molecule has 1 fully saturated rings.